The van der Waals surface area contributed by atoms with Gasteiger partial charge in [-0.05, 0) is 0 Å². The van der Waals surface area contributed by atoms with Crippen LogP contribution in [-0.2, 0) is 18.9 Å². The third-order valence-corrected chi connectivity index (χ3v) is 4.32. The summed E-state index contributed by atoms with van der Waals surface area (Å²) in [6, 6.07) is 3.63. The Labute approximate surface area is 151 Å². The lowest BCUT2D eigenvalue weighted by atomic mass is 10.2. The molecule has 0 N–H and O–H groups in total. The van der Waals surface area contributed by atoms with Gasteiger partial charge in [-0.25, -0.2) is 0 Å². The molecule has 0 radical (unpaired) electrons. The molecule has 8 nitrogen and oxygen atoms in total. The van der Waals surface area contributed by atoms with E-state index >= 15 is 0 Å². The Bertz CT molecular complexity index is 528. The van der Waals surface area contributed by atoms with Gasteiger partial charge in [-0.3, -0.25) is 0 Å². The highest BCUT2D eigenvalue weighted by Gasteiger charge is 2.29. The summed E-state index contributed by atoms with van der Waals surface area (Å²) in [6.07, 6.45) is 0.618. The number of rotatable bonds is 12. The van der Waals surface area contributed by atoms with Crippen LogP contribution in [0, 0.1) is 0 Å². The highest BCUT2D eigenvalue weighted by atomic mass is 16.6. The molecule has 0 spiro atoms. The first kappa shape index (κ1) is 16.4. The van der Waals surface area contributed by atoms with E-state index in [4.69, 9.17) is 37.9 Å². The predicted molar refractivity (Wildman–Crippen MR) is 87.4 cm³/mol. The van der Waals surface area contributed by atoms with Gasteiger partial charge >= 0.3 is 0 Å². The fourth-order valence-corrected chi connectivity index (χ4v) is 2.36. The minimum absolute atomic E-state index is 0.154. The van der Waals surface area contributed by atoms with Gasteiger partial charge in [-0.2, -0.15) is 0 Å². The first-order valence-electron chi connectivity index (χ1n) is 8.99. The summed E-state index contributed by atoms with van der Waals surface area (Å²) in [5, 5.41) is 0. The molecule has 4 aliphatic heterocycles. The molecule has 1 aromatic carbocycles. The molecular formula is C18H22O8. The molecular weight excluding hydrogens is 344 g/mol. The summed E-state index contributed by atoms with van der Waals surface area (Å²) >= 11 is 0. The van der Waals surface area contributed by atoms with Crippen molar-refractivity contribution in [3.63, 3.8) is 0 Å². The van der Waals surface area contributed by atoms with Crippen LogP contribution in [0.3, 0.4) is 0 Å². The average Bonchev–Trinajstić information content (AvgIpc) is 3.45. The zero-order valence-electron chi connectivity index (χ0n) is 14.4. The third kappa shape index (κ3) is 4.70. The predicted octanol–water partition coefficient (Wildman–Crippen LogP) is 0.797. The Hall–Kier alpha value is -1.74. The molecule has 4 unspecified atom stereocenters. The van der Waals surface area contributed by atoms with E-state index in [1.807, 2.05) is 12.1 Å². The Balaban J connectivity index is 1.33. The van der Waals surface area contributed by atoms with Gasteiger partial charge < -0.3 is 37.9 Å². The van der Waals surface area contributed by atoms with E-state index in [2.05, 4.69) is 0 Å². The average molecular weight is 366 g/mol. The second-order valence-corrected chi connectivity index (χ2v) is 6.81. The number of epoxide rings is 4. The van der Waals surface area contributed by atoms with Crippen molar-refractivity contribution in [3.8, 4) is 23.0 Å². The molecule has 26 heavy (non-hydrogen) atoms. The van der Waals surface area contributed by atoms with E-state index in [9.17, 15) is 0 Å². The van der Waals surface area contributed by atoms with E-state index in [1.165, 1.54) is 0 Å². The van der Waals surface area contributed by atoms with Crippen molar-refractivity contribution in [2.75, 3.05) is 52.9 Å². The number of hydrogen-bond acceptors (Lipinski definition) is 8. The first-order valence-corrected chi connectivity index (χ1v) is 8.99. The molecule has 0 saturated carbocycles. The van der Waals surface area contributed by atoms with Crippen molar-refractivity contribution >= 4 is 0 Å². The van der Waals surface area contributed by atoms with E-state index in [0.29, 0.717) is 49.4 Å². The van der Waals surface area contributed by atoms with Crippen molar-refractivity contribution in [2.45, 2.75) is 24.4 Å². The molecule has 142 valence electrons. The third-order valence-electron chi connectivity index (χ3n) is 4.32. The summed E-state index contributed by atoms with van der Waals surface area (Å²) in [4.78, 5) is 0. The SMILES string of the molecule is c1c(OCC2CO2)c(OCC2CO2)cc(OCC2CO2)c1OCC1CO1. The minimum Gasteiger partial charge on any atom is -0.487 e. The van der Waals surface area contributed by atoms with E-state index < -0.39 is 0 Å². The quantitative estimate of drug-likeness (QED) is 0.502. The van der Waals surface area contributed by atoms with Crippen LogP contribution in [0.15, 0.2) is 12.1 Å². The number of ether oxygens (including phenoxy) is 8. The van der Waals surface area contributed by atoms with E-state index in [1.54, 1.807) is 0 Å². The molecule has 0 aliphatic carbocycles. The highest BCUT2D eigenvalue weighted by Crippen LogP contribution is 2.41. The Morgan fingerprint density at radius 1 is 0.538 bits per heavy atom. The van der Waals surface area contributed by atoms with Gasteiger partial charge in [-0.1, -0.05) is 0 Å². The molecule has 8 heteroatoms. The van der Waals surface area contributed by atoms with Gasteiger partial charge in [-0.15, -0.1) is 0 Å². The fourth-order valence-electron chi connectivity index (χ4n) is 2.36. The lowest BCUT2D eigenvalue weighted by molar-refractivity contribution is 0.212. The maximum atomic E-state index is 5.89. The topological polar surface area (TPSA) is 87.0 Å². The van der Waals surface area contributed by atoms with Gasteiger partial charge in [0.05, 0.1) is 26.4 Å². The maximum Gasteiger partial charge on any atom is 0.165 e. The van der Waals surface area contributed by atoms with Crippen LogP contribution in [0.5, 0.6) is 23.0 Å². The second kappa shape index (κ2) is 7.11. The van der Waals surface area contributed by atoms with Crippen LogP contribution in [0.25, 0.3) is 0 Å². The van der Waals surface area contributed by atoms with Gasteiger partial charge in [0.2, 0.25) is 0 Å². The summed E-state index contributed by atoms with van der Waals surface area (Å²) in [7, 11) is 0. The normalized spacial score (nSPS) is 30.5. The van der Waals surface area contributed by atoms with Crippen LogP contribution < -0.4 is 18.9 Å². The minimum atomic E-state index is 0.154. The van der Waals surface area contributed by atoms with E-state index in [-0.39, 0.29) is 24.4 Å². The van der Waals surface area contributed by atoms with Crippen molar-refractivity contribution < 1.29 is 37.9 Å². The van der Waals surface area contributed by atoms with Gasteiger partial charge in [0.15, 0.2) is 23.0 Å². The zero-order chi connectivity index (χ0) is 17.3. The largest absolute Gasteiger partial charge is 0.487 e. The molecule has 4 heterocycles. The molecule has 4 saturated heterocycles. The molecule has 4 atom stereocenters. The van der Waals surface area contributed by atoms with Crippen LogP contribution in [0.4, 0.5) is 0 Å². The molecule has 4 aliphatic rings. The fraction of sp³-hybridized carbons (Fsp3) is 0.667. The summed E-state index contributed by atoms with van der Waals surface area (Å²) < 4.78 is 44.4. The molecule has 0 aromatic heterocycles. The molecule has 4 fully saturated rings. The van der Waals surface area contributed by atoms with E-state index in [0.717, 1.165) is 26.4 Å². The van der Waals surface area contributed by atoms with Crippen molar-refractivity contribution in [3.05, 3.63) is 12.1 Å². The van der Waals surface area contributed by atoms with Gasteiger partial charge in [0.25, 0.3) is 0 Å². The first-order chi connectivity index (χ1) is 12.8. The monoisotopic (exact) mass is 366 g/mol. The van der Waals surface area contributed by atoms with Gasteiger partial charge in [0.1, 0.15) is 50.8 Å². The second-order valence-electron chi connectivity index (χ2n) is 6.81. The summed E-state index contributed by atoms with van der Waals surface area (Å²) in [6.45, 7) is 4.87. The van der Waals surface area contributed by atoms with Crippen molar-refractivity contribution in [1.82, 2.24) is 0 Å². The Morgan fingerprint density at radius 2 is 0.769 bits per heavy atom. The Kier molecular flexibility index (Phi) is 4.49. The van der Waals surface area contributed by atoms with Crippen molar-refractivity contribution in [1.29, 1.82) is 0 Å². The summed E-state index contributed by atoms with van der Waals surface area (Å²) in [5.41, 5.74) is 0. The van der Waals surface area contributed by atoms with Crippen LogP contribution >= 0.6 is 0 Å². The van der Waals surface area contributed by atoms with Crippen LogP contribution in [0.2, 0.25) is 0 Å². The maximum absolute atomic E-state index is 5.89. The standard InChI is InChI=1S/C18H22O8/c1-15(23-7-11-3-19-11)17(25-9-13-5-21-13)2-18(26-10-14-6-22-14)16(1)24-8-12-4-20-12/h1-2,11-14H,3-10H2. The lowest BCUT2D eigenvalue weighted by Crippen LogP contribution is -2.12. The molecule has 0 amide bonds. The molecule has 1 aromatic rings. The van der Waals surface area contributed by atoms with Crippen molar-refractivity contribution in [2.24, 2.45) is 0 Å². The van der Waals surface area contributed by atoms with Crippen LogP contribution in [-0.4, -0.2) is 77.3 Å². The van der Waals surface area contributed by atoms with Gasteiger partial charge in [0, 0.05) is 12.1 Å². The molecule has 5 rings (SSSR count). The smallest absolute Gasteiger partial charge is 0.165 e. The number of hydrogen-bond donors (Lipinski definition) is 0. The number of benzene rings is 1. The lowest BCUT2D eigenvalue weighted by Gasteiger charge is -2.17. The highest BCUT2D eigenvalue weighted by molar-refractivity contribution is 5.54. The molecule has 0 bridgehead atoms. The summed E-state index contributed by atoms with van der Waals surface area (Å²) in [5.74, 6) is 2.46. The Morgan fingerprint density at radius 3 is 0.962 bits per heavy atom. The zero-order valence-corrected chi connectivity index (χ0v) is 14.4. The van der Waals surface area contributed by atoms with Crippen LogP contribution in [0.1, 0.15) is 0 Å².